The van der Waals surface area contributed by atoms with Crippen LogP contribution in [0.25, 0.3) is 11.0 Å². The van der Waals surface area contributed by atoms with E-state index in [4.69, 9.17) is 0 Å². The Morgan fingerprint density at radius 2 is 2.26 bits per heavy atom. The van der Waals surface area contributed by atoms with Gasteiger partial charge in [-0.3, -0.25) is 4.79 Å². The van der Waals surface area contributed by atoms with Gasteiger partial charge in [0.25, 0.3) is 5.91 Å². The van der Waals surface area contributed by atoms with Crippen LogP contribution in [0.3, 0.4) is 0 Å². The van der Waals surface area contributed by atoms with Crippen molar-refractivity contribution in [2.75, 3.05) is 6.54 Å². The largest absolute Gasteiger partial charge is 0.352 e. The van der Waals surface area contributed by atoms with Crippen molar-refractivity contribution in [3.05, 3.63) is 28.5 Å². The molecule has 100 valence electrons. The minimum absolute atomic E-state index is 0.0157. The Balaban J connectivity index is 1.75. The molecule has 2 N–H and O–H groups in total. The normalized spacial score (nSPS) is 16.1. The predicted molar refractivity (Wildman–Crippen MR) is 78.1 cm³/mol. The molecule has 3 rings (SSSR count). The summed E-state index contributed by atoms with van der Waals surface area (Å²) in [7, 11) is 0. The minimum Gasteiger partial charge on any atom is -0.352 e. The number of nitrogens with one attached hydrogen (secondary N) is 2. The lowest BCUT2D eigenvalue weighted by Gasteiger charge is -2.09. The predicted octanol–water partition coefficient (Wildman–Crippen LogP) is 3.25. The second-order valence-electron chi connectivity index (χ2n) is 5.11. The Hall–Kier alpha value is -1.36. The van der Waals surface area contributed by atoms with Crippen LogP contribution in [-0.2, 0) is 0 Å². The summed E-state index contributed by atoms with van der Waals surface area (Å²) in [6.45, 7) is 0.785. The third-order valence-electron chi connectivity index (χ3n) is 3.77. The molecule has 1 aliphatic carbocycles. The SMILES string of the molecule is O=C(NCC1CCCC1)c1c[nH]c2ncc(Br)cc12. The van der Waals surface area contributed by atoms with Crippen molar-refractivity contribution in [2.24, 2.45) is 5.92 Å². The maximum Gasteiger partial charge on any atom is 0.253 e. The number of nitrogens with zero attached hydrogens (tertiary/aromatic N) is 1. The summed E-state index contributed by atoms with van der Waals surface area (Å²) in [5.41, 5.74) is 1.41. The monoisotopic (exact) mass is 321 g/mol. The molecule has 1 aliphatic rings. The van der Waals surface area contributed by atoms with Crippen molar-refractivity contribution in [2.45, 2.75) is 25.7 Å². The third kappa shape index (κ3) is 2.66. The van der Waals surface area contributed by atoms with Crippen LogP contribution in [0.2, 0.25) is 0 Å². The molecule has 0 radical (unpaired) electrons. The summed E-state index contributed by atoms with van der Waals surface area (Å²) in [6, 6.07) is 1.92. The third-order valence-corrected chi connectivity index (χ3v) is 4.20. The summed E-state index contributed by atoms with van der Waals surface area (Å²) >= 11 is 3.39. The summed E-state index contributed by atoms with van der Waals surface area (Å²) in [5.74, 6) is 0.636. The molecule has 1 amide bonds. The van der Waals surface area contributed by atoms with E-state index in [0.717, 1.165) is 22.1 Å². The first-order chi connectivity index (χ1) is 9.24. The van der Waals surface area contributed by atoms with Gasteiger partial charge < -0.3 is 10.3 Å². The number of H-pyrrole nitrogens is 1. The fourth-order valence-electron chi connectivity index (χ4n) is 2.71. The summed E-state index contributed by atoms with van der Waals surface area (Å²) < 4.78 is 0.879. The molecule has 0 unspecified atom stereocenters. The van der Waals surface area contributed by atoms with Gasteiger partial charge in [0, 0.05) is 28.8 Å². The van der Waals surface area contributed by atoms with E-state index in [1.807, 2.05) is 6.07 Å². The topological polar surface area (TPSA) is 57.8 Å². The number of hydrogen-bond acceptors (Lipinski definition) is 2. The quantitative estimate of drug-likeness (QED) is 0.911. The number of hydrogen-bond donors (Lipinski definition) is 2. The number of pyridine rings is 1. The van der Waals surface area contributed by atoms with E-state index in [2.05, 4.69) is 31.2 Å². The number of rotatable bonds is 3. The lowest BCUT2D eigenvalue weighted by molar-refractivity contribution is 0.0949. The van der Waals surface area contributed by atoms with Crippen molar-refractivity contribution >= 4 is 32.9 Å². The van der Waals surface area contributed by atoms with Crippen LogP contribution >= 0.6 is 15.9 Å². The maximum atomic E-state index is 12.2. The first-order valence-electron chi connectivity index (χ1n) is 6.65. The van der Waals surface area contributed by atoms with Crippen LogP contribution in [0.15, 0.2) is 22.9 Å². The zero-order chi connectivity index (χ0) is 13.2. The Bertz CT molecular complexity index is 602. The van der Waals surface area contributed by atoms with Crippen molar-refractivity contribution in [1.82, 2.24) is 15.3 Å². The van der Waals surface area contributed by atoms with Gasteiger partial charge in [0.2, 0.25) is 0 Å². The molecule has 0 spiro atoms. The number of aromatic amines is 1. The van der Waals surface area contributed by atoms with E-state index in [1.165, 1.54) is 25.7 Å². The molecule has 0 bridgehead atoms. The van der Waals surface area contributed by atoms with Gasteiger partial charge in [-0.25, -0.2) is 4.98 Å². The van der Waals surface area contributed by atoms with Crippen LogP contribution in [0.4, 0.5) is 0 Å². The molecule has 0 saturated heterocycles. The van der Waals surface area contributed by atoms with Gasteiger partial charge in [-0.2, -0.15) is 0 Å². The average molecular weight is 322 g/mol. The number of halogens is 1. The molecule has 2 aromatic heterocycles. The molecule has 2 aromatic rings. The van der Waals surface area contributed by atoms with E-state index in [-0.39, 0.29) is 5.91 Å². The second-order valence-corrected chi connectivity index (χ2v) is 6.03. The molecular formula is C14H16BrN3O. The number of fused-ring (bicyclic) bond motifs is 1. The zero-order valence-electron chi connectivity index (χ0n) is 10.6. The molecule has 1 fully saturated rings. The smallest absolute Gasteiger partial charge is 0.253 e. The Morgan fingerprint density at radius 3 is 3.05 bits per heavy atom. The van der Waals surface area contributed by atoms with Crippen molar-refractivity contribution in [1.29, 1.82) is 0 Å². The summed E-state index contributed by atoms with van der Waals surface area (Å²) in [4.78, 5) is 19.5. The van der Waals surface area contributed by atoms with Crippen LogP contribution in [0, 0.1) is 5.92 Å². The highest BCUT2D eigenvalue weighted by molar-refractivity contribution is 9.10. The van der Waals surface area contributed by atoms with Crippen LogP contribution in [0.5, 0.6) is 0 Å². The number of carbonyl (C=O) groups is 1. The van der Waals surface area contributed by atoms with E-state index >= 15 is 0 Å². The molecule has 1 saturated carbocycles. The highest BCUT2D eigenvalue weighted by atomic mass is 79.9. The molecule has 0 atom stereocenters. The number of amides is 1. The molecule has 0 aliphatic heterocycles. The highest BCUT2D eigenvalue weighted by Gasteiger charge is 2.18. The average Bonchev–Trinajstić information content (AvgIpc) is 3.04. The second kappa shape index (κ2) is 5.33. The Kier molecular flexibility index (Phi) is 3.55. The fraction of sp³-hybridized carbons (Fsp3) is 0.429. The Labute approximate surface area is 120 Å². The van der Waals surface area contributed by atoms with E-state index in [0.29, 0.717) is 11.5 Å². The van der Waals surface area contributed by atoms with Gasteiger partial charge in [0.1, 0.15) is 5.65 Å². The van der Waals surface area contributed by atoms with Crippen LogP contribution < -0.4 is 5.32 Å². The molecular weight excluding hydrogens is 306 g/mol. The Morgan fingerprint density at radius 1 is 1.47 bits per heavy atom. The summed E-state index contributed by atoms with van der Waals surface area (Å²) in [6.07, 6.45) is 8.52. The number of aromatic nitrogens is 2. The molecule has 19 heavy (non-hydrogen) atoms. The van der Waals surface area contributed by atoms with Crippen molar-refractivity contribution in [3.63, 3.8) is 0 Å². The first kappa shape index (κ1) is 12.7. The molecule has 5 heteroatoms. The van der Waals surface area contributed by atoms with Crippen LogP contribution in [0.1, 0.15) is 36.0 Å². The molecule has 2 heterocycles. The van der Waals surface area contributed by atoms with Crippen molar-refractivity contribution < 1.29 is 4.79 Å². The van der Waals surface area contributed by atoms with E-state index in [1.54, 1.807) is 12.4 Å². The minimum atomic E-state index is -0.0157. The first-order valence-corrected chi connectivity index (χ1v) is 7.44. The maximum absolute atomic E-state index is 12.2. The van der Waals surface area contributed by atoms with Gasteiger partial charge in [-0.1, -0.05) is 12.8 Å². The lowest BCUT2D eigenvalue weighted by Crippen LogP contribution is -2.28. The molecule has 0 aromatic carbocycles. The van der Waals surface area contributed by atoms with Gasteiger partial charge >= 0.3 is 0 Å². The van der Waals surface area contributed by atoms with Crippen molar-refractivity contribution in [3.8, 4) is 0 Å². The van der Waals surface area contributed by atoms with E-state index < -0.39 is 0 Å². The zero-order valence-corrected chi connectivity index (χ0v) is 12.2. The van der Waals surface area contributed by atoms with Gasteiger partial charge in [-0.15, -0.1) is 0 Å². The summed E-state index contributed by atoms with van der Waals surface area (Å²) in [5, 5.41) is 3.90. The standard InChI is InChI=1S/C14H16BrN3O/c15-10-5-11-12(8-17-13(11)16-7-10)14(19)18-6-9-3-1-2-4-9/h5,7-9H,1-4,6H2,(H,16,17)(H,18,19). The van der Waals surface area contributed by atoms with Gasteiger partial charge in [0.15, 0.2) is 0 Å². The number of carbonyl (C=O) groups excluding carboxylic acids is 1. The van der Waals surface area contributed by atoms with Crippen LogP contribution in [-0.4, -0.2) is 22.4 Å². The fourth-order valence-corrected chi connectivity index (χ4v) is 3.04. The van der Waals surface area contributed by atoms with E-state index in [9.17, 15) is 4.79 Å². The lowest BCUT2D eigenvalue weighted by atomic mass is 10.1. The highest BCUT2D eigenvalue weighted by Crippen LogP contribution is 2.24. The van der Waals surface area contributed by atoms with Gasteiger partial charge in [-0.05, 0) is 40.8 Å². The van der Waals surface area contributed by atoms with Gasteiger partial charge in [0.05, 0.1) is 5.56 Å². The molecule has 4 nitrogen and oxygen atoms in total.